The Hall–Kier alpha value is -1.93. The van der Waals surface area contributed by atoms with Crippen LogP contribution in [0.3, 0.4) is 0 Å². The fraction of sp³-hybridized carbons (Fsp3) is 0.688. The monoisotopic (exact) mass is 336 g/mol. The molecule has 1 atom stereocenters. The summed E-state index contributed by atoms with van der Waals surface area (Å²) in [6, 6.07) is 0.490. The molecule has 0 aliphatic carbocycles. The van der Waals surface area contributed by atoms with Crippen molar-refractivity contribution in [1.29, 1.82) is 0 Å². The molecule has 0 fully saturated rings. The summed E-state index contributed by atoms with van der Waals surface area (Å²) in [7, 11) is 7.57. The molecule has 0 saturated heterocycles. The third-order valence-corrected chi connectivity index (χ3v) is 4.51. The van der Waals surface area contributed by atoms with Gasteiger partial charge in [-0.2, -0.15) is 0 Å². The molecule has 0 bridgehead atoms. The second-order valence-electron chi connectivity index (χ2n) is 6.52. The van der Waals surface area contributed by atoms with Crippen LogP contribution in [0.25, 0.3) is 11.2 Å². The summed E-state index contributed by atoms with van der Waals surface area (Å²) in [5.41, 5.74) is 0.205. The minimum atomic E-state index is -0.310. The zero-order chi connectivity index (χ0) is 17.9. The van der Waals surface area contributed by atoms with Gasteiger partial charge in [-0.15, -0.1) is 0 Å². The highest BCUT2D eigenvalue weighted by molar-refractivity contribution is 5.69. The van der Waals surface area contributed by atoms with Crippen LogP contribution in [0.15, 0.2) is 9.59 Å². The van der Waals surface area contributed by atoms with Crippen molar-refractivity contribution >= 4 is 11.2 Å². The molecule has 8 nitrogen and oxygen atoms in total. The zero-order valence-corrected chi connectivity index (χ0v) is 15.2. The smallest absolute Gasteiger partial charge is 0.332 e. The van der Waals surface area contributed by atoms with Gasteiger partial charge in [-0.1, -0.05) is 6.42 Å². The van der Waals surface area contributed by atoms with Gasteiger partial charge in [0.25, 0.3) is 5.56 Å². The molecule has 0 aromatic carbocycles. The molecule has 0 amide bonds. The van der Waals surface area contributed by atoms with Crippen molar-refractivity contribution in [3.8, 4) is 0 Å². The number of aromatic nitrogens is 4. The maximum Gasteiger partial charge on any atom is 0.332 e. The average Bonchev–Trinajstić information content (AvgIpc) is 2.96. The van der Waals surface area contributed by atoms with Gasteiger partial charge in [0.2, 0.25) is 0 Å². The first-order valence-electron chi connectivity index (χ1n) is 8.36. The van der Waals surface area contributed by atoms with E-state index in [-0.39, 0.29) is 11.2 Å². The van der Waals surface area contributed by atoms with Crippen LogP contribution < -0.4 is 16.6 Å². The highest BCUT2D eigenvalue weighted by Crippen LogP contribution is 2.07. The van der Waals surface area contributed by atoms with Crippen molar-refractivity contribution < 1.29 is 0 Å². The molecule has 8 heteroatoms. The summed E-state index contributed by atoms with van der Waals surface area (Å²) in [6.07, 6.45) is 2.82. The lowest BCUT2D eigenvalue weighted by molar-refractivity contribution is 0.290. The van der Waals surface area contributed by atoms with Crippen LogP contribution in [0.5, 0.6) is 0 Å². The van der Waals surface area contributed by atoms with E-state index in [1.807, 2.05) is 0 Å². The van der Waals surface area contributed by atoms with Crippen LogP contribution >= 0.6 is 0 Å². The quantitative estimate of drug-likeness (QED) is 0.675. The molecule has 0 saturated carbocycles. The Kier molecular flexibility index (Phi) is 5.95. The molecule has 0 spiro atoms. The number of aromatic amines is 1. The largest absolute Gasteiger partial charge is 0.335 e. The summed E-state index contributed by atoms with van der Waals surface area (Å²) >= 11 is 0. The fourth-order valence-electron chi connectivity index (χ4n) is 2.71. The highest BCUT2D eigenvalue weighted by atomic mass is 16.2. The van der Waals surface area contributed by atoms with Crippen molar-refractivity contribution in [3.63, 3.8) is 0 Å². The minimum absolute atomic E-state index is 0.288. The van der Waals surface area contributed by atoms with E-state index in [1.54, 1.807) is 14.1 Å². The number of nitrogens with one attached hydrogen (secondary N) is 2. The van der Waals surface area contributed by atoms with Gasteiger partial charge in [0.05, 0.1) is 6.54 Å². The topological polar surface area (TPSA) is 88.0 Å². The second-order valence-corrected chi connectivity index (χ2v) is 6.52. The Labute approximate surface area is 141 Å². The molecule has 2 rings (SSSR count). The Morgan fingerprint density at radius 2 is 2.00 bits per heavy atom. The third-order valence-electron chi connectivity index (χ3n) is 4.51. The number of hydrogen-bond donors (Lipinski definition) is 2. The van der Waals surface area contributed by atoms with E-state index in [2.05, 4.69) is 41.2 Å². The van der Waals surface area contributed by atoms with Gasteiger partial charge in [-0.25, -0.2) is 9.78 Å². The Morgan fingerprint density at radius 1 is 1.29 bits per heavy atom. The number of nitrogens with zero attached hydrogens (tertiary/aromatic N) is 4. The summed E-state index contributed by atoms with van der Waals surface area (Å²) < 4.78 is 2.75. The van der Waals surface area contributed by atoms with E-state index in [4.69, 9.17) is 0 Å². The third kappa shape index (κ3) is 3.76. The molecular formula is C16H28N6O2. The molecule has 24 heavy (non-hydrogen) atoms. The molecule has 2 N–H and O–H groups in total. The molecule has 0 aliphatic rings. The van der Waals surface area contributed by atoms with Gasteiger partial charge in [-0.3, -0.25) is 13.9 Å². The fourth-order valence-corrected chi connectivity index (χ4v) is 2.71. The van der Waals surface area contributed by atoms with Crippen LogP contribution in [0.1, 0.15) is 32.0 Å². The number of aryl methyl sites for hydroxylation is 1. The first-order chi connectivity index (χ1) is 11.4. The molecule has 2 aromatic rings. The normalized spacial score (nSPS) is 13.1. The van der Waals surface area contributed by atoms with Crippen LogP contribution in [0, 0.1) is 0 Å². The first kappa shape index (κ1) is 18.4. The molecule has 0 radical (unpaired) electrons. The molecule has 134 valence electrons. The second kappa shape index (κ2) is 7.76. The molecule has 2 heterocycles. The summed E-state index contributed by atoms with van der Waals surface area (Å²) in [5.74, 6) is 0.650. The van der Waals surface area contributed by atoms with E-state index in [1.165, 1.54) is 9.13 Å². The maximum atomic E-state index is 12.6. The van der Waals surface area contributed by atoms with Crippen molar-refractivity contribution in [2.24, 2.45) is 7.05 Å². The van der Waals surface area contributed by atoms with Gasteiger partial charge in [0.1, 0.15) is 11.3 Å². The van der Waals surface area contributed by atoms with Crippen molar-refractivity contribution in [2.45, 2.75) is 45.3 Å². The van der Waals surface area contributed by atoms with Crippen LogP contribution in [-0.4, -0.2) is 51.2 Å². The van der Waals surface area contributed by atoms with Gasteiger partial charge in [-0.05, 0) is 40.9 Å². The number of hydrogen-bond acceptors (Lipinski definition) is 5. The molecule has 0 aliphatic heterocycles. The van der Waals surface area contributed by atoms with E-state index in [0.717, 1.165) is 19.3 Å². The number of rotatable bonds is 8. The van der Waals surface area contributed by atoms with E-state index in [0.29, 0.717) is 36.1 Å². The number of H-pyrrole nitrogens is 1. The zero-order valence-electron chi connectivity index (χ0n) is 15.2. The summed E-state index contributed by atoms with van der Waals surface area (Å²) in [5, 5.41) is 2.98. The maximum absolute atomic E-state index is 12.6. The average molecular weight is 336 g/mol. The van der Waals surface area contributed by atoms with Crippen molar-refractivity contribution in [3.05, 3.63) is 26.7 Å². The Balaban J connectivity index is 2.21. The number of unbranched alkanes of at least 4 members (excludes halogenated alkanes) is 1. The van der Waals surface area contributed by atoms with Crippen molar-refractivity contribution in [2.75, 3.05) is 21.1 Å². The van der Waals surface area contributed by atoms with Gasteiger partial charge in [0, 0.05) is 19.6 Å². The van der Waals surface area contributed by atoms with Gasteiger partial charge < -0.3 is 15.2 Å². The predicted molar refractivity (Wildman–Crippen MR) is 95.4 cm³/mol. The Bertz CT molecular complexity index is 801. The SMILES string of the molecule is CNCc1nc2c([nH]1)c(=O)n(CCCC[C@@H](C)N(C)C)c(=O)n2C. The predicted octanol–water partition coefficient (Wildman–Crippen LogP) is 0.263. The Morgan fingerprint density at radius 3 is 2.62 bits per heavy atom. The molecule has 0 unspecified atom stereocenters. The van der Waals surface area contributed by atoms with Gasteiger partial charge >= 0.3 is 5.69 Å². The summed E-state index contributed by atoms with van der Waals surface area (Å²) in [6.45, 7) is 3.12. The van der Waals surface area contributed by atoms with Crippen LogP contribution in [-0.2, 0) is 20.1 Å². The van der Waals surface area contributed by atoms with Crippen molar-refractivity contribution in [1.82, 2.24) is 29.3 Å². The lowest BCUT2D eigenvalue weighted by atomic mass is 10.1. The highest BCUT2D eigenvalue weighted by Gasteiger charge is 2.15. The van der Waals surface area contributed by atoms with E-state index >= 15 is 0 Å². The van der Waals surface area contributed by atoms with Crippen LogP contribution in [0.2, 0.25) is 0 Å². The lowest BCUT2D eigenvalue weighted by Gasteiger charge is -2.19. The van der Waals surface area contributed by atoms with E-state index < -0.39 is 0 Å². The minimum Gasteiger partial charge on any atom is -0.335 e. The van der Waals surface area contributed by atoms with Gasteiger partial charge in [0.15, 0.2) is 5.65 Å². The first-order valence-corrected chi connectivity index (χ1v) is 8.36. The lowest BCUT2D eigenvalue weighted by Crippen LogP contribution is -2.39. The van der Waals surface area contributed by atoms with Crippen LogP contribution in [0.4, 0.5) is 0 Å². The standard InChI is InChI=1S/C16H28N6O2/c1-11(20(3)4)8-6-7-9-22-15(23)13-14(21(5)16(22)24)19-12(18-13)10-17-2/h11,17H,6-10H2,1-5H3,(H,18,19)/t11-/m1/s1. The molecule has 2 aromatic heterocycles. The number of imidazole rings is 1. The number of fused-ring (bicyclic) bond motifs is 1. The summed E-state index contributed by atoms with van der Waals surface area (Å²) in [4.78, 5) is 34.6. The molecular weight excluding hydrogens is 308 g/mol. The van der Waals surface area contributed by atoms with E-state index in [9.17, 15) is 9.59 Å².